The van der Waals surface area contributed by atoms with Gasteiger partial charge in [0.15, 0.2) is 0 Å². The third-order valence-electron chi connectivity index (χ3n) is 2.69. The summed E-state index contributed by atoms with van der Waals surface area (Å²) in [6.07, 6.45) is 3.77. The van der Waals surface area contributed by atoms with Gasteiger partial charge in [-0.25, -0.2) is 5.43 Å². The van der Waals surface area contributed by atoms with Crippen molar-refractivity contribution >= 4 is 11.6 Å². The molecule has 4 nitrogen and oxygen atoms in total. The summed E-state index contributed by atoms with van der Waals surface area (Å²) >= 11 is 6.17. The topological polar surface area (TPSA) is 55.9 Å². The SMILES string of the molecule is CCn1cc(C(NN)c2ccccc2Cl)cn1. The maximum atomic E-state index is 6.17. The lowest BCUT2D eigenvalue weighted by atomic mass is 10.0. The van der Waals surface area contributed by atoms with Gasteiger partial charge in [0, 0.05) is 23.3 Å². The van der Waals surface area contributed by atoms with Crippen molar-refractivity contribution in [1.82, 2.24) is 15.2 Å². The number of nitrogens with one attached hydrogen (secondary N) is 1. The van der Waals surface area contributed by atoms with Crippen LogP contribution < -0.4 is 11.3 Å². The fraction of sp³-hybridized carbons (Fsp3) is 0.250. The number of benzene rings is 1. The zero-order valence-electron chi connectivity index (χ0n) is 9.60. The van der Waals surface area contributed by atoms with Crippen molar-refractivity contribution in [2.75, 3.05) is 0 Å². The summed E-state index contributed by atoms with van der Waals surface area (Å²) in [5.74, 6) is 5.61. The van der Waals surface area contributed by atoms with E-state index < -0.39 is 0 Å². The minimum absolute atomic E-state index is 0.135. The molecule has 0 spiro atoms. The van der Waals surface area contributed by atoms with Gasteiger partial charge in [-0.1, -0.05) is 29.8 Å². The van der Waals surface area contributed by atoms with E-state index in [9.17, 15) is 0 Å². The number of nitrogens with zero attached hydrogens (tertiary/aromatic N) is 2. The molecule has 0 fully saturated rings. The Labute approximate surface area is 105 Å². The highest BCUT2D eigenvalue weighted by Gasteiger charge is 2.16. The van der Waals surface area contributed by atoms with Gasteiger partial charge in [-0.2, -0.15) is 5.10 Å². The summed E-state index contributed by atoms with van der Waals surface area (Å²) in [6.45, 7) is 2.87. The zero-order valence-corrected chi connectivity index (χ0v) is 10.4. The minimum Gasteiger partial charge on any atom is -0.273 e. The zero-order chi connectivity index (χ0) is 12.3. The first kappa shape index (κ1) is 12.1. The predicted molar refractivity (Wildman–Crippen MR) is 68.5 cm³/mol. The highest BCUT2D eigenvalue weighted by Crippen LogP contribution is 2.27. The maximum absolute atomic E-state index is 6.17. The molecule has 1 unspecified atom stereocenters. The Bertz CT molecular complexity index is 495. The van der Waals surface area contributed by atoms with Crippen molar-refractivity contribution in [2.24, 2.45) is 5.84 Å². The lowest BCUT2D eigenvalue weighted by molar-refractivity contribution is 0.630. The molecule has 0 aliphatic heterocycles. The van der Waals surface area contributed by atoms with Gasteiger partial charge < -0.3 is 0 Å². The second-order valence-electron chi connectivity index (χ2n) is 3.75. The molecule has 17 heavy (non-hydrogen) atoms. The van der Waals surface area contributed by atoms with Crippen LogP contribution in [0.3, 0.4) is 0 Å². The van der Waals surface area contributed by atoms with E-state index in [4.69, 9.17) is 17.4 Å². The molecule has 0 aliphatic rings. The molecule has 0 bridgehead atoms. The molecule has 0 amide bonds. The van der Waals surface area contributed by atoms with Crippen molar-refractivity contribution < 1.29 is 0 Å². The van der Waals surface area contributed by atoms with Crippen LogP contribution in [0.5, 0.6) is 0 Å². The van der Waals surface area contributed by atoms with E-state index in [1.807, 2.05) is 42.1 Å². The molecule has 3 N–H and O–H groups in total. The molecule has 1 aromatic heterocycles. The number of aromatic nitrogens is 2. The molecule has 5 heteroatoms. The highest BCUT2D eigenvalue weighted by molar-refractivity contribution is 6.31. The van der Waals surface area contributed by atoms with Crippen molar-refractivity contribution in [3.05, 3.63) is 52.8 Å². The molecule has 0 saturated heterocycles. The number of nitrogens with two attached hydrogens (primary N) is 1. The normalized spacial score (nSPS) is 12.6. The van der Waals surface area contributed by atoms with E-state index in [1.165, 1.54) is 0 Å². The van der Waals surface area contributed by atoms with Crippen molar-refractivity contribution in [2.45, 2.75) is 19.5 Å². The standard InChI is InChI=1S/C12H15ClN4/c1-2-17-8-9(7-15-17)12(16-14)10-5-3-4-6-11(10)13/h3-8,12,16H,2,14H2,1H3. The molecule has 0 aliphatic carbocycles. The highest BCUT2D eigenvalue weighted by atomic mass is 35.5. The number of hydrogen-bond acceptors (Lipinski definition) is 3. The Balaban J connectivity index is 2.36. The summed E-state index contributed by atoms with van der Waals surface area (Å²) in [4.78, 5) is 0. The van der Waals surface area contributed by atoms with Gasteiger partial charge in [0.05, 0.1) is 12.2 Å². The van der Waals surface area contributed by atoms with Crippen LogP contribution in [0.4, 0.5) is 0 Å². The van der Waals surface area contributed by atoms with Gasteiger partial charge >= 0.3 is 0 Å². The van der Waals surface area contributed by atoms with Crippen LogP contribution in [0.1, 0.15) is 24.1 Å². The Kier molecular flexibility index (Phi) is 3.78. The Morgan fingerprint density at radius 1 is 1.47 bits per heavy atom. The van der Waals surface area contributed by atoms with Gasteiger partial charge in [-0.05, 0) is 18.6 Å². The smallest absolute Gasteiger partial charge is 0.0755 e. The molecule has 2 aromatic rings. The quantitative estimate of drug-likeness (QED) is 0.646. The van der Waals surface area contributed by atoms with E-state index in [2.05, 4.69) is 10.5 Å². The third-order valence-corrected chi connectivity index (χ3v) is 3.04. The molecule has 0 radical (unpaired) electrons. The summed E-state index contributed by atoms with van der Waals surface area (Å²) in [5, 5.41) is 4.93. The first-order valence-electron chi connectivity index (χ1n) is 5.49. The number of hydrazine groups is 1. The monoisotopic (exact) mass is 250 g/mol. The fourth-order valence-electron chi connectivity index (χ4n) is 1.78. The van der Waals surface area contributed by atoms with Crippen LogP contribution in [-0.2, 0) is 6.54 Å². The molecule has 0 saturated carbocycles. The first-order chi connectivity index (χ1) is 8.26. The first-order valence-corrected chi connectivity index (χ1v) is 5.87. The lowest BCUT2D eigenvalue weighted by Gasteiger charge is -2.15. The lowest BCUT2D eigenvalue weighted by Crippen LogP contribution is -2.28. The largest absolute Gasteiger partial charge is 0.273 e. The predicted octanol–water partition coefficient (Wildman–Crippen LogP) is 2.11. The second-order valence-corrected chi connectivity index (χ2v) is 4.16. The average Bonchev–Trinajstić information content (AvgIpc) is 2.81. The number of aryl methyl sites for hydroxylation is 1. The average molecular weight is 251 g/mol. The Hall–Kier alpha value is -1.36. The Morgan fingerprint density at radius 3 is 2.82 bits per heavy atom. The third kappa shape index (κ3) is 2.49. The van der Waals surface area contributed by atoms with Gasteiger partial charge in [0.1, 0.15) is 0 Å². The van der Waals surface area contributed by atoms with Crippen LogP contribution in [0, 0.1) is 0 Å². The maximum Gasteiger partial charge on any atom is 0.0755 e. The van der Waals surface area contributed by atoms with E-state index in [0.717, 1.165) is 17.7 Å². The van der Waals surface area contributed by atoms with Crippen LogP contribution in [0.2, 0.25) is 5.02 Å². The molecular formula is C12H15ClN4. The summed E-state index contributed by atoms with van der Waals surface area (Å²) < 4.78 is 1.86. The summed E-state index contributed by atoms with van der Waals surface area (Å²) in [5.41, 5.74) is 4.73. The number of rotatable bonds is 4. The van der Waals surface area contributed by atoms with E-state index in [0.29, 0.717) is 5.02 Å². The second kappa shape index (κ2) is 5.31. The van der Waals surface area contributed by atoms with Gasteiger partial charge in [0.25, 0.3) is 0 Å². The van der Waals surface area contributed by atoms with Crippen LogP contribution in [0.25, 0.3) is 0 Å². The van der Waals surface area contributed by atoms with Crippen LogP contribution in [-0.4, -0.2) is 9.78 Å². The molecule has 2 rings (SSSR count). The minimum atomic E-state index is -0.135. The number of halogens is 1. The van der Waals surface area contributed by atoms with Gasteiger partial charge in [0.2, 0.25) is 0 Å². The van der Waals surface area contributed by atoms with Crippen molar-refractivity contribution in [1.29, 1.82) is 0 Å². The van der Waals surface area contributed by atoms with Crippen molar-refractivity contribution in [3.63, 3.8) is 0 Å². The van der Waals surface area contributed by atoms with E-state index in [-0.39, 0.29) is 6.04 Å². The number of hydrogen-bond donors (Lipinski definition) is 2. The van der Waals surface area contributed by atoms with Crippen molar-refractivity contribution in [3.8, 4) is 0 Å². The summed E-state index contributed by atoms with van der Waals surface area (Å²) in [6, 6.07) is 7.51. The Morgan fingerprint density at radius 2 is 2.24 bits per heavy atom. The fourth-order valence-corrected chi connectivity index (χ4v) is 2.02. The summed E-state index contributed by atoms with van der Waals surface area (Å²) in [7, 11) is 0. The molecule has 1 atom stereocenters. The van der Waals surface area contributed by atoms with E-state index in [1.54, 1.807) is 6.20 Å². The van der Waals surface area contributed by atoms with Crippen LogP contribution >= 0.6 is 11.6 Å². The molecular weight excluding hydrogens is 236 g/mol. The van der Waals surface area contributed by atoms with Gasteiger partial charge in [-0.15, -0.1) is 0 Å². The molecule has 1 aromatic carbocycles. The van der Waals surface area contributed by atoms with E-state index >= 15 is 0 Å². The van der Waals surface area contributed by atoms with Crippen LogP contribution in [0.15, 0.2) is 36.7 Å². The molecule has 90 valence electrons. The molecule has 1 heterocycles. The van der Waals surface area contributed by atoms with Gasteiger partial charge in [-0.3, -0.25) is 10.5 Å².